The SMILES string of the molecule is N#CC(C(=O)NCc1ccco1)=C1SC(Cc2ccc(Cl)cc2Cl)C(=O)N1c1ccc(F)cc1. The molecule has 1 N–H and O–H groups in total. The quantitative estimate of drug-likeness (QED) is 0.347. The van der Waals surface area contributed by atoms with Gasteiger partial charge < -0.3 is 9.73 Å². The zero-order valence-electron chi connectivity index (χ0n) is 17.4. The van der Waals surface area contributed by atoms with E-state index in [1.807, 2.05) is 6.07 Å². The van der Waals surface area contributed by atoms with Crippen LogP contribution in [0.5, 0.6) is 0 Å². The number of benzene rings is 2. The maximum Gasteiger partial charge on any atom is 0.265 e. The molecule has 1 atom stereocenters. The van der Waals surface area contributed by atoms with Crippen LogP contribution >= 0.6 is 35.0 Å². The molecule has 0 spiro atoms. The van der Waals surface area contributed by atoms with Gasteiger partial charge in [0, 0.05) is 15.7 Å². The second-order valence-electron chi connectivity index (χ2n) is 7.25. The Labute approximate surface area is 208 Å². The Morgan fingerprint density at radius 2 is 1.97 bits per heavy atom. The predicted octanol–water partition coefficient (Wildman–Crippen LogP) is 5.47. The van der Waals surface area contributed by atoms with Gasteiger partial charge in [-0.05, 0) is 60.5 Å². The van der Waals surface area contributed by atoms with E-state index in [1.54, 1.807) is 30.3 Å². The summed E-state index contributed by atoms with van der Waals surface area (Å²) in [6.45, 7) is 0.0727. The molecule has 10 heteroatoms. The standard InChI is InChI=1S/C24H16Cl2FN3O3S/c25-15-4-3-14(20(26)11-15)10-21-23(32)30(17-7-5-16(27)6-8-17)24(34-21)19(12-28)22(31)29-13-18-2-1-9-33-18/h1-9,11,21H,10,13H2,(H,29,31). The van der Waals surface area contributed by atoms with Crippen molar-refractivity contribution in [1.29, 1.82) is 5.26 Å². The van der Waals surface area contributed by atoms with Crippen molar-refractivity contribution in [3.63, 3.8) is 0 Å². The minimum atomic E-state index is -0.667. The van der Waals surface area contributed by atoms with Gasteiger partial charge in [-0.25, -0.2) is 4.39 Å². The van der Waals surface area contributed by atoms with Gasteiger partial charge in [0.2, 0.25) is 5.91 Å². The number of carbonyl (C=O) groups is 2. The molecule has 4 rings (SSSR count). The van der Waals surface area contributed by atoms with E-state index in [1.165, 1.54) is 35.4 Å². The molecule has 0 bridgehead atoms. The molecule has 172 valence electrons. The van der Waals surface area contributed by atoms with Crippen LogP contribution in [0, 0.1) is 17.1 Å². The van der Waals surface area contributed by atoms with Gasteiger partial charge in [-0.15, -0.1) is 0 Å². The highest BCUT2D eigenvalue weighted by Gasteiger charge is 2.41. The van der Waals surface area contributed by atoms with E-state index in [4.69, 9.17) is 27.6 Å². The molecule has 2 amide bonds. The number of anilines is 1. The molecule has 0 aliphatic carbocycles. The molecule has 6 nitrogen and oxygen atoms in total. The molecule has 1 fully saturated rings. The van der Waals surface area contributed by atoms with Crippen molar-refractivity contribution in [3.8, 4) is 6.07 Å². The zero-order valence-corrected chi connectivity index (χ0v) is 19.8. The molecule has 1 aromatic heterocycles. The van der Waals surface area contributed by atoms with Crippen LogP contribution in [0.25, 0.3) is 0 Å². The summed E-state index contributed by atoms with van der Waals surface area (Å²) in [5, 5.41) is 12.8. The number of hydrogen-bond donors (Lipinski definition) is 1. The molecular formula is C24H16Cl2FN3O3S. The molecule has 34 heavy (non-hydrogen) atoms. The normalized spacial score (nSPS) is 16.9. The maximum atomic E-state index is 13.5. The number of nitrogens with one attached hydrogen (secondary N) is 1. The first-order valence-corrected chi connectivity index (χ1v) is 11.7. The lowest BCUT2D eigenvalue weighted by atomic mass is 10.1. The first kappa shape index (κ1) is 23.9. The Bertz CT molecular complexity index is 1300. The molecule has 2 aromatic carbocycles. The van der Waals surface area contributed by atoms with E-state index in [2.05, 4.69) is 5.32 Å². The Kier molecular flexibility index (Phi) is 7.27. The molecule has 1 aliphatic rings. The van der Waals surface area contributed by atoms with Crippen LogP contribution in [-0.4, -0.2) is 17.1 Å². The number of hydrogen-bond acceptors (Lipinski definition) is 5. The lowest BCUT2D eigenvalue weighted by Crippen LogP contribution is -2.32. The van der Waals surface area contributed by atoms with E-state index in [9.17, 15) is 19.2 Å². The average Bonchev–Trinajstić information content (AvgIpc) is 3.44. The molecule has 2 heterocycles. The molecule has 1 saturated heterocycles. The highest BCUT2D eigenvalue weighted by Crippen LogP contribution is 2.42. The van der Waals surface area contributed by atoms with Crippen molar-refractivity contribution in [2.45, 2.75) is 18.2 Å². The Morgan fingerprint density at radius 1 is 1.21 bits per heavy atom. The lowest BCUT2D eigenvalue weighted by Gasteiger charge is -2.18. The second kappa shape index (κ2) is 10.3. The maximum absolute atomic E-state index is 13.5. The molecule has 0 saturated carbocycles. The van der Waals surface area contributed by atoms with Crippen molar-refractivity contribution < 1.29 is 18.4 Å². The van der Waals surface area contributed by atoms with Crippen molar-refractivity contribution in [2.75, 3.05) is 4.90 Å². The summed E-state index contributed by atoms with van der Waals surface area (Å²) >= 11 is 13.4. The van der Waals surface area contributed by atoms with E-state index in [0.717, 1.165) is 11.8 Å². The number of amides is 2. The number of halogens is 3. The van der Waals surface area contributed by atoms with Crippen LogP contribution in [0.3, 0.4) is 0 Å². The number of nitriles is 1. The summed E-state index contributed by atoms with van der Waals surface area (Å²) in [6, 6.07) is 15.5. The Morgan fingerprint density at radius 3 is 2.62 bits per heavy atom. The average molecular weight is 516 g/mol. The van der Waals surface area contributed by atoms with Crippen LogP contribution in [0.1, 0.15) is 11.3 Å². The first-order valence-electron chi connectivity index (χ1n) is 10.0. The van der Waals surface area contributed by atoms with E-state index in [0.29, 0.717) is 27.1 Å². The van der Waals surface area contributed by atoms with Crippen LogP contribution in [0.15, 0.2) is 75.9 Å². The van der Waals surface area contributed by atoms with Crippen molar-refractivity contribution in [3.05, 3.63) is 98.6 Å². The number of furan rings is 1. The van der Waals surface area contributed by atoms with Gasteiger partial charge in [0.15, 0.2) is 0 Å². The largest absolute Gasteiger partial charge is 0.467 e. The van der Waals surface area contributed by atoms with Gasteiger partial charge in [-0.3, -0.25) is 14.5 Å². The van der Waals surface area contributed by atoms with Gasteiger partial charge in [0.1, 0.15) is 28.2 Å². The van der Waals surface area contributed by atoms with Crippen molar-refractivity contribution in [2.24, 2.45) is 0 Å². The second-order valence-corrected chi connectivity index (χ2v) is 9.29. The lowest BCUT2D eigenvalue weighted by molar-refractivity contribution is -0.117. The van der Waals surface area contributed by atoms with Gasteiger partial charge in [-0.1, -0.05) is 41.0 Å². The molecule has 3 aromatic rings. The van der Waals surface area contributed by atoms with Crippen molar-refractivity contribution in [1.82, 2.24) is 5.32 Å². The predicted molar refractivity (Wildman–Crippen MR) is 129 cm³/mol. The summed E-state index contributed by atoms with van der Waals surface area (Å²) in [6.07, 6.45) is 1.72. The van der Waals surface area contributed by atoms with Gasteiger partial charge in [0.05, 0.1) is 18.1 Å². The fourth-order valence-electron chi connectivity index (χ4n) is 3.37. The fourth-order valence-corrected chi connectivity index (χ4v) is 5.15. The Balaban J connectivity index is 1.69. The van der Waals surface area contributed by atoms with E-state index < -0.39 is 17.0 Å². The summed E-state index contributed by atoms with van der Waals surface area (Å²) in [4.78, 5) is 27.6. The minimum absolute atomic E-state index is 0.0727. The topological polar surface area (TPSA) is 86.3 Å². The van der Waals surface area contributed by atoms with Gasteiger partial charge in [-0.2, -0.15) is 5.26 Å². The van der Waals surface area contributed by atoms with Gasteiger partial charge in [0.25, 0.3) is 5.91 Å². The molecule has 1 aliphatic heterocycles. The number of nitrogens with zero attached hydrogens (tertiary/aromatic N) is 2. The van der Waals surface area contributed by atoms with Crippen LogP contribution < -0.4 is 10.2 Å². The third-order valence-corrected chi connectivity index (χ3v) is 6.86. The summed E-state index contributed by atoms with van der Waals surface area (Å²) in [5.74, 6) is -0.984. The zero-order chi connectivity index (χ0) is 24.2. The monoisotopic (exact) mass is 515 g/mol. The highest BCUT2D eigenvalue weighted by molar-refractivity contribution is 8.05. The van der Waals surface area contributed by atoms with E-state index in [-0.39, 0.29) is 29.5 Å². The number of carbonyl (C=O) groups excluding carboxylic acids is 2. The third-order valence-electron chi connectivity index (χ3n) is 5.01. The fraction of sp³-hybridized carbons (Fsp3) is 0.125. The molecular weight excluding hydrogens is 500 g/mol. The van der Waals surface area contributed by atoms with Crippen LogP contribution in [0.4, 0.5) is 10.1 Å². The summed E-state index contributed by atoms with van der Waals surface area (Å²) in [5.41, 5.74) is 0.794. The van der Waals surface area contributed by atoms with E-state index >= 15 is 0 Å². The summed E-state index contributed by atoms with van der Waals surface area (Å²) in [7, 11) is 0. The smallest absolute Gasteiger partial charge is 0.265 e. The number of rotatable bonds is 6. The highest BCUT2D eigenvalue weighted by atomic mass is 35.5. The Hall–Kier alpha value is -3.25. The van der Waals surface area contributed by atoms with Gasteiger partial charge >= 0.3 is 0 Å². The third kappa shape index (κ3) is 5.12. The van der Waals surface area contributed by atoms with Crippen LogP contribution in [-0.2, 0) is 22.6 Å². The van der Waals surface area contributed by atoms with Crippen LogP contribution in [0.2, 0.25) is 10.0 Å². The minimum Gasteiger partial charge on any atom is -0.467 e. The van der Waals surface area contributed by atoms with Crippen molar-refractivity contribution >= 4 is 52.5 Å². The first-order chi connectivity index (χ1) is 16.4. The molecule has 1 unspecified atom stereocenters. The molecule has 0 radical (unpaired) electrons. The summed E-state index contributed by atoms with van der Waals surface area (Å²) < 4.78 is 18.7. The number of thioether (sulfide) groups is 1.